The first-order valence-corrected chi connectivity index (χ1v) is 5.92. The maximum Gasteiger partial charge on any atom is 0.0668 e. The van der Waals surface area contributed by atoms with Crippen molar-refractivity contribution < 1.29 is 0 Å². The zero-order chi connectivity index (χ0) is 10.7. The molecule has 0 radical (unpaired) electrons. The smallest absolute Gasteiger partial charge is 0.0668 e. The normalized spacial score (nSPS) is 10.3. The average Bonchev–Trinajstić information content (AvgIpc) is 2.31. The molecule has 0 fully saturated rings. The van der Waals surface area contributed by atoms with Gasteiger partial charge in [0.1, 0.15) is 0 Å². The molecule has 0 aliphatic heterocycles. The summed E-state index contributed by atoms with van der Waals surface area (Å²) < 4.78 is 0. The van der Waals surface area contributed by atoms with Crippen molar-refractivity contribution in [2.75, 3.05) is 0 Å². The Bertz CT molecular complexity index is 459. The van der Waals surface area contributed by atoms with Gasteiger partial charge in [-0.05, 0) is 12.1 Å². The summed E-state index contributed by atoms with van der Waals surface area (Å²) in [4.78, 5) is 8.25. The molecule has 2 heterocycles. The lowest BCUT2D eigenvalue weighted by atomic mass is 10.1. The van der Waals surface area contributed by atoms with Gasteiger partial charge >= 0.3 is 0 Å². The minimum absolute atomic E-state index is 0.646. The number of hydrogen-bond acceptors (Lipinski definition) is 2. The van der Waals surface area contributed by atoms with Crippen molar-refractivity contribution in [1.29, 1.82) is 0 Å². The van der Waals surface area contributed by atoms with Crippen LogP contribution in [0.4, 0.5) is 0 Å². The highest BCUT2D eigenvalue weighted by molar-refractivity contribution is 9.08. The molecule has 2 nitrogen and oxygen atoms in total. The molecular weight excluding hydrogens is 275 g/mol. The van der Waals surface area contributed by atoms with Crippen LogP contribution < -0.4 is 0 Å². The van der Waals surface area contributed by atoms with Crippen LogP contribution in [-0.2, 0) is 5.33 Å². The fraction of sp³-hybridized carbons (Fsp3) is 0.0909. The Morgan fingerprint density at radius 3 is 2.87 bits per heavy atom. The van der Waals surface area contributed by atoms with Crippen molar-refractivity contribution in [1.82, 2.24) is 9.97 Å². The highest BCUT2D eigenvalue weighted by atomic mass is 79.9. The Morgan fingerprint density at radius 2 is 2.20 bits per heavy atom. The van der Waals surface area contributed by atoms with Gasteiger partial charge in [-0.25, -0.2) is 0 Å². The van der Waals surface area contributed by atoms with Crippen LogP contribution in [0.3, 0.4) is 0 Å². The molecule has 0 unspecified atom stereocenters. The predicted molar refractivity (Wildman–Crippen MR) is 65.1 cm³/mol. The van der Waals surface area contributed by atoms with E-state index < -0.39 is 0 Å². The van der Waals surface area contributed by atoms with Crippen molar-refractivity contribution in [3.8, 4) is 11.1 Å². The molecule has 0 N–H and O–H groups in total. The molecule has 0 saturated heterocycles. The number of rotatable bonds is 2. The van der Waals surface area contributed by atoms with E-state index in [0.717, 1.165) is 22.2 Å². The van der Waals surface area contributed by atoms with Crippen LogP contribution in [0.2, 0.25) is 5.02 Å². The van der Waals surface area contributed by atoms with Gasteiger partial charge in [-0.1, -0.05) is 33.6 Å². The van der Waals surface area contributed by atoms with E-state index in [4.69, 9.17) is 11.6 Å². The molecule has 0 spiro atoms. The minimum atomic E-state index is 0.646. The first-order chi connectivity index (χ1) is 7.31. The molecular formula is C11H8BrClN2. The summed E-state index contributed by atoms with van der Waals surface area (Å²) in [7, 11) is 0. The van der Waals surface area contributed by atoms with Gasteiger partial charge in [0.15, 0.2) is 0 Å². The van der Waals surface area contributed by atoms with Crippen LogP contribution in [0, 0.1) is 0 Å². The zero-order valence-electron chi connectivity index (χ0n) is 7.82. The molecule has 0 aromatic carbocycles. The van der Waals surface area contributed by atoms with Crippen molar-refractivity contribution in [2.24, 2.45) is 0 Å². The van der Waals surface area contributed by atoms with Crippen molar-refractivity contribution in [3.05, 3.63) is 47.5 Å². The van der Waals surface area contributed by atoms with Gasteiger partial charge in [-0.3, -0.25) is 9.97 Å². The lowest BCUT2D eigenvalue weighted by Gasteiger charge is -2.04. The average molecular weight is 284 g/mol. The fourth-order valence-electron chi connectivity index (χ4n) is 1.30. The maximum absolute atomic E-state index is 6.08. The first kappa shape index (κ1) is 10.6. The van der Waals surface area contributed by atoms with E-state index in [9.17, 15) is 0 Å². The summed E-state index contributed by atoms with van der Waals surface area (Å²) in [6.07, 6.45) is 5.20. The summed E-state index contributed by atoms with van der Waals surface area (Å²) >= 11 is 9.45. The minimum Gasteiger partial charge on any atom is -0.264 e. The van der Waals surface area contributed by atoms with Crippen LogP contribution in [-0.4, -0.2) is 9.97 Å². The van der Waals surface area contributed by atoms with E-state index in [-0.39, 0.29) is 0 Å². The molecule has 76 valence electrons. The van der Waals surface area contributed by atoms with Crippen LogP contribution in [0.1, 0.15) is 5.69 Å². The molecule has 0 saturated carbocycles. The van der Waals surface area contributed by atoms with Gasteiger partial charge in [0.05, 0.1) is 10.7 Å². The van der Waals surface area contributed by atoms with E-state index >= 15 is 0 Å². The second-order valence-corrected chi connectivity index (χ2v) is 4.00. The van der Waals surface area contributed by atoms with Crippen LogP contribution >= 0.6 is 27.5 Å². The standard InChI is InChI=1S/C11H8BrClN2/c12-5-9-4-10(11(13)7-15-9)8-2-1-3-14-6-8/h1-4,6-7H,5H2. The van der Waals surface area contributed by atoms with Crippen molar-refractivity contribution in [2.45, 2.75) is 5.33 Å². The van der Waals surface area contributed by atoms with Gasteiger partial charge in [0, 0.05) is 35.0 Å². The predicted octanol–water partition coefficient (Wildman–Crippen LogP) is 3.69. The highest BCUT2D eigenvalue weighted by Crippen LogP contribution is 2.27. The first-order valence-electron chi connectivity index (χ1n) is 4.42. The summed E-state index contributed by atoms with van der Waals surface area (Å²) in [5.41, 5.74) is 2.93. The lowest BCUT2D eigenvalue weighted by molar-refractivity contribution is 1.18. The monoisotopic (exact) mass is 282 g/mol. The van der Waals surface area contributed by atoms with E-state index in [1.54, 1.807) is 18.6 Å². The Kier molecular flexibility index (Phi) is 3.34. The van der Waals surface area contributed by atoms with Crippen LogP contribution in [0.5, 0.6) is 0 Å². The second kappa shape index (κ2) is 4.73. The summed E-state index contributed by atoms with van der Waals surface area (Å²) in [5, 5.41) is 1.37. The third-order valence-electron chi connectivity index (χ3n) is 2.02. The molecule has 15 heavy (non-hydrogen) atoms. The maximum atomic E-state index is 6.08. The van der Waals surface area contributed by atoms with E-state index in [2.05, 4.69) is 25.9 Å². The molecule has 0 aliphatic carbocycles. The van der Waals surface area contributed by atoms with Crippen molar-refractivity contribution in [3.63, 3.8) is 0 Å². The SMILES string of the molecule is Clc1cnc(CBr)cc1-c1cccnc1. The molecule has 0 aliphatic rings. The number of hydrogen-bond donors (Lipinski definition) is 0. The van der Waals surface area contributed by atoms with Crippen molar-refractivity contribution >= 4 is 27.5 Å². The quantitative estimate of drug-likeness (QED) is 0.786. The number of halogens is 2. The fourth-order valence-corrected chi connectivity index (χ4v) is 1.82. The van der Waals surface area contributed by atoms with Crippen LogP contribution in [0.15, 0.2) is 36.8 Å². The number of nitrogens with zero attached hydrogens (tertiary/aromatic N) is 2. The van der Waals surface area contributed by atoms with Gasteiger partial charge < -0.3 is 0 Å². The Hall–Kier alpha value is -0.930. The van der Waals surface area contributed by atoms with Gasteiger partial charge in [-0.15, -0.1) is 0 Å². The molecule has 4 heteroatoms. The number of pyridine rings is 2. The van der Waals surface area contributed by atoms with E-state index in [0.29, 0.717) is 5.02 Å². The Balaban J connectivity index is 2.52. The molecule has 0 atom stereocenters. The van der Waals surface area contributed by atoms with E-state index in [1.165, 1.54) is 0 Å². The topological polar surface area (TPSA) is 25.8 Å². The Morgan fingerprint density at radius 1 is 1.33 bits per heavy atom. The van der Waals surface area contributed by atoms with Gasteiger partial charge in [0.25, 0.3) is 0 Å². The Labute approximate surface area is 101 Å². The molecule has 2 aromatic heterocycles. The third kappa shape index (κ3) is 2.36. The van der Waals surface area contributed by atoms with E-state index in [1.807, 2.05) is 18.2 Å². The third-order valence-corrected chi connectivity index (χ3v) is 2.90. The molecule has 0 amide bonds. The van der Waals surface area contributed by atoms with Gasteiger partial charge in [-0.2, -0.15) is 0 Å². The highest BCUT2D eigenvalue weighted by Gasteiger charge is 2.05. The second-order valence-electron chi connectivity index (χ2n) is 3.03. The summed E-state index contributed by atoms with van der Waals surface area (Å²) in [5.74, 6) is 0. The van der Waals surface area contributed by atoms with Gasteiger partial charge in [0.2, 0.25) is 0 Å². The summed E-state index contributed by atoms with van der Waals surface area (Å²) in [6.45, 7) is 0. The molecule has 0 bridgehead atoms. The molecule has 2 aromatic rings. The van der Waals surface area contributed by atoms with Crippen LogP contribution in [0.25, 0.3) is 11.1 Å². The number of alkyl halides is 1. The zero-order valence-corrected chi connectivity index (χ0v) is 10.2. The lowest BCUT2D eigenvalue weighted by Crippen LogP contribution is -1.88. The molecule has 2 rings (SSSR count). The summed E-state index contributed by atoms with van der Waals surface area (Å²) in [6, 6.07) is 5.83. The number of aromatic nitrogens is 2. The largest absolute Gasteiger partial charge is 0.264 e.